The molecule has 1 atom stereocenters. The van der Waals surface area contributed by atoms with Gasteiger partial charge in [-0.3, -0.25) is 0 Å². The molecule has 0 radical (unpaired) electrons. The van der Waals surface area contributed by atoms with E-state index in [4.69, 9.17) is 4.74 Å². The normalized spacial score (nSPS) is 12.3. The van der Waals surface area contributed by atoms with Crippen LogP contribution in [0.15, 0.2) is 40.9 Å². The van der Waals surface area contributed by atoms with Crippen LogP contribution in [0.25, 0.3) is 0 Å². The van der Waals surface area contributed by atoms with Gasteiger partial charge in [0.05, 0.1) is 16.4 Å². The number of ether oxygens (including phenoxy) is 1. The van der Waals surface area contributed by atoms with E-state index in [-0.39, 0.29) is 16.4 Å². The summed E-state index contributed by atoms with van der Waals surface area (Å²) in [7, 11) is 1.41. The number of hydrogen-bond acceptors (Lipinski definition) is 1. The summed E-state index contributed by atoms with van der Waals surface area (Å²) in [5, 5.41) is 0. The van der Waals surface area contributed by atoms with Gasteiger partial charge >= 0.3 is 0 Å². The van der Waals surface area contributed by atoms with Crippen LogP contribution in [-0.4, -0.2) is 7.11 Å². The van der Waals surface area contributed by atoms with Gasteiger partial charge in [0.25, 0.3) is 0 Å². The van der Waals surface area contributed by atoms with Crippen LogP contribution in [0.2, 0.25) is 0 Å². The Kier molecular flexibility index (Phi) is 4.58. The second-order valence-electron chi connectivity index (χ2n) is 3.93. The molecule has 1 unspecified atom stereocenters. The summed E-state index contributed by atoms with van der Waals surface area (Å²) >= 11 is 6.54. The van der Waals surface area contributed by atoms with Gasteiger partial charge in [-0.1, -0.05) is 28.1 Å². The molecule has 5 heteroatoms. The van der Waals surface area contributed by atoms with Gasteiger partial charge in [-0.05, 0) is 51.3 Å². The van der Waals surface area contributed by atoms with Crippen molar-refractivity contribution in [1.82, 2.24) is 0 Å². The van der Waals surface area contributed by atoms with Crippen molar-refractivity contribution in [1.29, 1.82) is 0 Å². The quantitative estimate of drug-likeness (QED) is 0.651. The molecule has 0 spiro atoms. The summed E-state index contributed by atoms with van der Waals surface area (Å²) in [4.78, 5) is -0.282. The fourth-order valence-corrected chi connectivity index (χ4v) is 2.52. The Balaban J connectivity index is 2.35. The number of alkyl halides is 1. The zero-order valence-corrected chi connectivity index (χ0v) is 13.1. The molecule has 2 rings (SSSR count). The molecular formula is C14H10Br2F2O. The fourth-order valence-electron chi connectivity index (χ4n) is 1.70. The van der Waals surface area contributed by atoms with Crippen LogP contribution in [0.1, 0.15) is 16.0 Å². The van der Waals surface area contributed by atoms with E-state index in [2.05, 4.69) is 31.9 Å². The molecule has 1 nitrogen and oxygen atoms in total. The van der Waals surface area contributed by atoms with Crippen LogP contribution < -0.4 is 4.74 Å². The predicted octanol–water partition coefficient (Wildman–Crippen LogP) is 5.22. The van der Waals surface area contributed by atoms with Gasteiger partial charge in [-0.15, -0.1) is 0 Å². The molecule has 0 aliphatic rings. The van der Waals surface area contributed by atoms with E-state index in [1.165, 1.54) is 19.2 Å². The molecular weight excluding hydrogens is 382 g/mol. The van der Waals surface area contributed by atoms with Gasteiger partial charge in [0.1, 0.15) is 5.82 Å². The van der Waals surface area contributed by atoms with Crippen LogP contribution in [0.3, 0.4) is 0 Å². The molecule has 0 bridgehead atoms. The lowest BCUT2D eigenvalue weighted by Gasteiger charge is -2.12. The highest BCUT2D eigenvalue weighted by Crippen LogP contribution is 2.34. The van der Waals surface area contributed by atoms with E-state index in [0.29, 0.717) is 15.6 Å². The third-order valence-corrected chi connectivity index (χ3v) is 4.41. The van der Waals surface area contributed by atoms with E-state index in [9.17, 15) is 8.78 Å². The van der Waals surface area contributed by atoms with E-state index in [1.54, 1.807) is 24.3 Å². The van der Waals surface area contributed by atoms with Crippen LogP contribution in [-0.2, 0) is 0 Å². The molecule has 0 aromatic heterocycles. The maximum atomic E-state index is 13.6. The largest absolute Gasteiger partial charge is 0.494 e. The maximum absolute atomic E-state index is 13.6. The highest BCUT2D eigenvalue weighted by atomic mass is 79.9. The average molecular weight is 392 g/mol. The van der Waals surface area contributed by atoms with E-state index in [1.807, 2.05) is 0 Å². The van der Waals surface area contributed by atoms with Crippen molar-refractivity contribution in [2.24, 2.45) is 0 Å². The van der Waals surface area contributed by atoms with Gasteiger partial charge in [-0.25, -0.2) is 8.78 Å². The first-order valence-corrected chi connectivity index (χ1v) is 7.16. The Hall–Kier alpha value is -0.940. The number of hydrogen-bond donors (Lipinski definition) is 0. The van der Waals surface area contributed by atoms with Gasteiger partial charge < -0.3 is 4.74 Å². The molecule has 0 amide bonds. The summed E-state index contributed by atoms with van der Waals surface area (Å²) in [5.74, 6) is -0.608. The molecule has 0 aliphatic carbocycles. The van der Waals surface area contributed by atoms with Crippen LogP contribution in [0, 0.1) is 11.6 Å². The third-order valence-electron chi connectivity index (χ3n) is 2.70. The minimum Gasteiger partial charge on any atom is -0.494 e. The van der Waals surface area contributed by atoms with E-state index < -0.39 is 5.82 Å². The predicted molar refractivity (Wildman–Crippen MR) is 77.8 cm³/mol. The molecule has 0 N–H and O–H groups in total. The lowest BCUT2D eigenvalue weighted by Crippen LogP contribution is -1.96. The molecule has 2 aromatic rings. The molecule has 0 heterocycles. The summed E-state index contributed by atoms with van der Waals surface area (Å²) in [5.41, 5.74) is 1.41. The number of methoxy groups -OCH3 is 1. The van der Waals surface area contributed by atoms with Crippen molar-refractivity contribution in [2.75, 3.05) is 7.11 Å². The lowest BCUT2D eigenvalue weighted by atomic mass is 10.0. The minimum absolute atomic E-state index is 0.186. The molecule has 0 saturated carbocycles. The monoisotopic (exact) mass is 390 g/mol. The van der Waals surface area contributed by atoms with Crippen LogP contribution in [0.4, 0.5) is 8.78 Å². The standard InChI is InChI=1S/C14H10Br2F2O/c1-19-13-5-3-9(7-12(13)18)14(16)8-2-4-10(15)11(17)6-8/h2-7,14H,1H3. The number of rotatable bonds is 3. The zero-order valence-electron chi connectivity index (χ0n) is 9.96. The minimum atomic E-state index is -0.443. The van der Waals surface area contributed by atoms with Crippen molar-refractivity contribution in [3.8, 4) is 5.75 Å². The summed E-state index contributed by atoms with van der Waals surface area (Å²) < 4.78 is 32.4. The first kappa shape index (κ1) is 14.5. The van der Waals surface area contributed by atoms with E-state index >= 15 is 0 Å². The molecule has 0 fully saturated rings. The molecule has 0 saturated heterocycles. The van der Waals surface area contributed by atoms with Gasteiger partial charge in [0.15, 0.2) is 11.6 Å². The highest BCUT2D eigenvalue weighted by molar-refractivity contribution is 9.10. The second-order valence-corrected chi connectivity index (χ2v) is 5.70. The highest BCUT2D eigenvalue weighted by Gasteiger charge is 2.14. The first-order valence-electron chi connectivity index (χ1n) is 5.45. The Bertz CT molecular complexity index is 602. The summed E-state index contributed by atoms with van der Waals surface area (Å²) in [6.45, 7) is 0. The Morgan fingerprint density at radius 2 is 1.58 bits per heavy atom. The number of benzene rings is 2. The maximum Gasteiger partial charge on any atom is 0.165 e. The van der Waals surface area contributed by atoms with Crippen molar-refractivity contribution >= 4 is 31.9 Å². The van der Waals surface area contributed by atoms with Gasteiger partial charge in [-0.2, -0.15) is 0 Å². The summed E-state index contributed by atoms with van der Waals surface area (Å²) in [6, 6.07) is 9.47. The Morgan fingerprint density at radius 1 is 1.00 bits per heavy atom. The Morgan fingerprint density at radius 3 is 2.11 bits per heavy atom. The van der Waals surface area contributed by atoms with Crippen molar-refractivity contribution in [3.63, 3.8) is 0 Å². The molecule has 100 valence electrons. The fraction of sp³-hybridized carbons (Fsp3) is 0.143. The third kappa shape index (κ3) is 3.15. The van der Waals surface area contributed by atoms with Crippen molar-refractivity contribution < 1.29 is 13.5 Å². The van der Waals surface area contributed by atoms with Gasteiger partial charge in [0, 0.05) is 0 Å². The van der Waals surface area contributed by atoms with Crippen molar-refractivity contribution in [3.05, 3.63) is 63.6 Å². The second kappa shape index (κ2) is 6.01. The number of halogens is 4. The molecule has 2 aromatic carbocycles. The first-order chi connectivity index (χ1) is 9.02. The van der Waals surface area contributed by atoms with Gasteiger partial charge in [0.2, 0.25) is 0 Å². The van der Waals surface area contributed by atoms with E-state index in [0.717, 1.165) is 0 Å². The Labute approximate surface area is 126 Å². The average Bonchev–Trinajstić information content (AvgIpc) is 2.41. The SMILES string of the molecule is COc1ccc(C(Br)c2ccc(Br)c(F)c2)cc1F. The topological polar surface area (TPSA) is 9.23 Å². The van der Waals surface area contributed by atoms with Crippen molar-refractivity contribution in [2.45, 2.75) is 4.83 Å². The smallest absolute Gasteiger partial charge is 0.165 e. The summed E-state index contributed by atoms with van der Waals surface area (Å²) in [6.07, 6.45) is 0. The zero-order chi connectivity index (χ0) is 14.0. The molecule has 19 heavy (non-hydrogen) atoms. The van der Waals surface area contributed by atoms with Crippen LogP contribution >= 0.6 is 31.9 Å². The lowest BCUT2D eigenvalue weighted by molar-refractivity contribution is 0.386. The van der Waals surface area contributed by atoms with Crippen LogP contribution in [0.5, 0.6) is 5.75 Å². The molecule has 0 aliphatic heterocycles.